The first kappa shape index (κ1) is 12.0. The zero-order valence-corrected chi connectivity index (χ0v) is 9.08. The van der Waals surface area contributed by atoms with Gasteiger partial charge in [0.2, 0.25) is 0 Å². The van der Waals surface area contributed by atoms with Crippen LogP contribution in [0.25, 0.3) is 0 Å². The molecule has 0 aromatic carbocycles. The minimum Gasteiger partial charge on any atom is -0.382 e. The van der Waals surface area contributed by atoms with Crippen LogP contribution in [0.5, 0.6) is 0 Å². The molecule has 1 fully saturated rings. The summed E-state index contributed by atoms with van der Waals surface area (Å²) in [6.07, 6.45) is 1.23. The van der Waals surface area contributed by atoms with Gasteiger partial charge in [-0.25, -0.2) is 5.48 Å². The van der Waals surface area contributed by atoms with E-state index in [-0.39, 0.29) is 5.91 Å². The average Bonchev–Trinajstić information content (AvgIpc) is 2.19. The van der Waals surface area contributed by atoms with Crippen molar-refractivity contribution < 1.29 is 14.4 Å². The minimum absolute atomic E-state index is 0.291. The predicted molar refractivity (Wildman–Crippen MR) is 52.4 cm³/mol. The fraction of sp³-hybridized carbons (Fsp3) is 0.800. The SMILES string of the molecule is COCCONC(=O)C1(C#N)CC(C)C1. The van der Waals surface area contributed by atoms with Crippen LogP contribution in [0.3, 0.4) is 0 Å². The lowest BCUT2D eigenvalue weighted by Crippen LogP contribution is -2.48. The van der Waals surface area contributed by atoms with Crippen LogP contribution in [0.1, 0.15) is 19.8 Å². The van der Waals surface area contributed by atoms with E-state index in [2.05, 4.69) is 11.5 Å². The van der Waals surface area contributed by atoms with Gasteiger partial charge in [-0.15, -0.1) is 0 Å². The highest BCUT2D eigenvalue weighted by Crippen LogP contribution is 2.44. The number of hydrogen-bond donors (Lipinski definition) is 1. The van der Waals surface area contributed by atoms with Crippen LogP contribution in [0, 0.1) is 22.7 Å². The fourth-order valence-electron chi connectivity index (χ4n) is 1.80. The molecule has 1 aliphatic rings. The Bertz CT molecular complexity index is 266. The Morgan fingerprint density at radius 1 is 1.60 bits per heavy atom. The van der Waals surface area contributed by atoms with Gasteiger partial charge in [-0.3, -0.25) is 9.63 Å². The molecule has 1 amide bonds. The summed E-state index contributed by atoms with van der Waals surface area (Å²) in [6.45, 7) is 2.73. The highest BCUT2D eigenvalue weighted by atomic mass is 16.7. The molecule has 15 heavy (non-hydrogen) atoms. The Kier molecular flexibility index (Phi) is 4.06. The van der Waals surface area contributed by atoms with Crippen molar-refractivity contribution in [1.82, 2.24) is 5.48 Å². The van der Waals surface area contributed by atoms with E-state index in [9.17, 15) is 4.79 Å². The van der Waals surface area contributed by atoms with Gasteiger partial charge >= 0.3 is 0 Å². The number of nitrogens with one attached hydrogen (secondary N) is 1. The quantitative estimate of drug-likeness (QED) is 0.535. The number of carbonyl (C=O) groups excluding carboxylic acids is 1. The second kappa shape index (κ2) is 5.10. The number of hydroxylamine groups is 1. The number of amides is 1. The Morgan fingerprint density at radius 2 is 2.27 bits per heavy atom. The molecule has 1 aliphatic carbocycles. The molecule has 0 bridgehead atoms. The molecule has 0 aromatic rings. The normalized spacial score (nSPS) is 29.0. The summed E-state index contributed by atoms with van der Waals surface area (Å²) in [5.74, 6) is 0.105. The molecule has 0 aliphatic heterocycles. The first-order valence-corrected chi connectivity index (χ1v) is 4.97. The molecule has 0 saturated heterocycles. The Labute approximate surface area is 89.3 Å². The maximum Gasteiger partial charge on any atom is 0.264 e. The van der Waals surface area contributed by atoms with E-state index in [0.717, 1.165) is 0 Å². The Morgan fingerprint density at radius 3 is 2.73 bits per heavy atom. The number of methoxy groups -OCH3 is 1. The number of nitriles is 1. The van der Waals surface area contributed by atoms with E-state index in [1.54, 1.807) is 7.11 Å². The molecule has 5 nitrogen and oxygen atoms in total. The van der Waals surface area contributed by atoms with Crippen LogP contribution in [-0.4, -0.2) is 26.2 Å². The molecule has 0 spiro atoms. The second-order valence-electron chi connectivity index (χ2n) is 3.98. The van der Waals surface area contributed by atoms with E-state index >= 15 is 0 Å². The number of ether oxygens (including phenoxy) is 1. The Hall–Kier alpha value is -1.12. The van der Waals surface area contributed by atoms with Gasteiger partial charge in [0.1, 0.15) is 5.41 Å². The predicted octanol–water partition coefficient (Wildman–Crippen LogP) is 0.620. The lowest BCUT2D eigenvalue weighted by Gasteiger charge is -2.38. The summed E-state index contributed by atoms with van der Waals surface area (Å²) in [5, 5.41) is 8.94. The summed E-state index contributed by atoms with van der Waals surface area (Å²) in [4.78, 5) is 16.5. The van der Waals surface area contributed by atoms with E-state index < -0.39 is 5.41 Å². The average molecular weight is 212 g/mol. The largest absolute Gasteiger partial charge is 0.382 e. The summed E-state index contributed by atoms with van der Waals surface area (Å²) in [6, 6.07) is 2.06. The van der Waals surface area contributed by atoms with E-state index in [1.165, 1.54) is 0 Å². The molecule has 0 heterocycles. The van der Waals surface area contributed by atoms with Gasteiger partial charge < -0.3 is 4.74 Å². The van der Waals surface area contributed by atoms with E-state index in [4.69, 9.17) is 14.8 Å². The van der Waals surface area contributed by atoms with Crippen molar-refractivity contribution in [1.29, 1.82) is 5.26 Å². The van der Waals surface area contributed by atoms with Gasteiger partial charge in [0.15, 0.2) is 0 Å². The number of nitrogens with zero attached hydrogens (tertiary/aromatic N) is 1. The monoisotopic (exact) mass is 212 g/mol. The zero-order valence-electron chi connectivity index (χ0n) is 9.08. The van der Waals surface area contributed by atoms with Gasteiger partial charge in [-0.2, -0.15) is 5.26 Å². The van der Waals surface area contributed by atoms with Gasteiger partial charge in [-0.1, -0.05) is 6.92 Å². The van der Waals surface area contributed by atoms with E-state index in [1.807, 2.05) is 6.92 Å². The summed E-state index contributed by atoms with van der Waals surface area (Å²) in [5.41, 5.74) is 1.42. The topological polar surface area (TPSA) is 71.3 Å². The van der Waals surface area contributed by atoms with Gasteiger partial charge in [0, 0.05) is 7.11 Å². The van der Waals surface area contributed by atoms with Crippen molar-refractivity contribution in [2.24, 2.45) is 11.3 Å². The summed E-state index contributed by atoms with van der Waals surface area (Å²) >= 11 is 0. The molecule has 84 valence electrons. The van der Waals surface area contributed by atoms with Crippen LogP contribution in [0.15, 0.2) is 0 Å². The molecular formula is C10H16N2O3. The first-order valence-electron chi connectivity index (χ1n) is 4.97. The lowest BCUT2D eigenvalue weighted by molar-refractivity contribution is -0.148. The molecular weight excluding hydrogens is 196 g/mol. The molecule has 1 N–H and O–H groups in total. The molecule has 0 unspecified atom stereocenters. The third-order valence-electron chi connectivity index (χ3n) is 2.60. The third-order valence-corrected chi connectivity index (χ3v) is 2.60. The van der Waals surface area contributed by atoms with E-state index in [0.29, 0.717) is 32.0 Å². The molecule has 5 heteroatoms. The molecule has 0 radical (unpaired) electrons. The third kappa shape index (κ3) is 2.67. The minimum atomic E-state index is -0.869. The van der Waals surface area contributed by atoms with Crippen molar-refractivity contribution in [3.8, 4) is 6.07 Å². The van der Waals surface area contributed by atoms with Crippen LogP contribution in [-0.2, 0) is 14.4 Å². The Balaban J connectivity index is 2.30. The lowest BCUT2D eigenvalue weighted by atomic mass is 9.63. The smallest absolute Gasteiger partial charge is 0.264 e. The maximum absolute atomic E-state index is 11.6. The van der Waals surface area contributed by atoms with Crippen LogP contribution in [0.4, 0.5) is 0 Å². The zero-order chi connectivity index (χ0) is 11.3. The fourth-order valence-corrected chi connectivity index (χ4v) is 1.80. The second-order valence-corrected chi connectivity index (χ2v) is 3.98. The summed E-state index contributed by atoms with van der Waals surface area (Å²) in [7, 11) is 1.55. The highest BCUT2D eigenvalue weighted by Gasteiger charge is 2.49. The maximum atomic E-state index is 11.6. The molecule has 0 atom stereocenters. The van der Waals surface area contributed by atoms with Crippen LogP contribution in [0.2, 0.25) is 0 Å². The van der Waals surface area contributed by atoms with Gasteiger partial charge in [0.25, 0.3) is 5.91 Å². The van der Waals surface area contributed by atoms with Crippen molar-refractivity contribution in [3.05, 3.63) is 0 Å². The number of carbonyl (C=O) groups is 1. The molecule has 1 rings (SSSR count). The first-order chi connectivity index (χ1) is 7.14. The van der Waals surface area contributed by atoms with Crippen molar-refractivity contribution in [2.45, 2.75) is 19.8 Å². The standard InChI is InChI=1S/C10H16N2O3/c1-8-5-10(6-8,7-11)9(13)12-15-4-3-14-2/h8H,3-6H2,1-2H3,(H,12,13). The molecule has 1 saturated carbocycles. The van der Waals surface area contributed by atoms with Gasteiger partial charge in [0.05, 0.1) is 19.3 Å². The summed E-state index contributed by atoms with van der Waals surface area (Å²) < 4.78 is 4.75. The van der Waals surface area contributed by atoms with Crippen molar-refractivity contribution in [3.63, 3.8) is 0 Å². The van der Waals surface area contributed by atoms with Crippen LogP contribution >= 0.6 is 0 Å². The van der Waals surface area contributed by atoms with Crippen LogP contribution < -0.4 is 5.48 Å². The van der Waals surface area contributed by atoms with Crippen molar-refractivity contribution in [2.75, 3.05) is 20.3 Å². The number of rotatable bonds is 5. The van der Waals surface area contributed by atoms with Gasteiger partial charge in [-0.05, 0) is 18.8 Å². The molecule has 0 aromatic heterocycles. The number of hydrogen-bond acceptors (Lipinski definition) is 4. The highest BCUT2D eigenvalue weighted by molar-refractivity contribution is 5.85. The van der Waals surface area contributed by atoms with Crippen molar-refractivity contribution >= 4 is 5.91 Å².